The zero-order valence-electron chi connectivity index (χ0n) is 8.16. The first-order chi connectivity index (χ1) is 6.43. The highest BCUT2D eigenvalue weighted by Crippen LogP contribution is 1.92. The van der Waals surface area contributed by atoms with Gasteiger partial charge in [0.2, 0.25) is 0 Å². The average molecular weight is 179 g/mol. The van der Waals surface area contributed by atoms with Gasteiger partial charge < -0.3 is 5.32 Å². The molecular weight excluding hydrogens is 162 g/mol. The molecule has 0 bridgehead atoms. The van der Waals surface area contributed by atoms with Crippen molar-refractivity contribution in [3.8, 4) is 0 Å². The summed E-state index contributed by atoms with van der Waals surface area (Å²) in [6.07, 6.45) is 7.35. The van der Waals surface area contributed by atoms with E-state index in [-0.39, 0.29) is 0 Å². The molecule has 0 saturated heterocycles. The summed E-state index contributed by atoms with van der Waals surface area (Å²) in [5.41, 5.74) is 0. The van der Waals surface area contributed by atoms with Gasteiger partial charge in [0.25, 0.3) is 0 Å². The molecule has 0 aliphatic heterocycles. The monoisotopic (exact) mass is 179 g/mol. The molecule has 0 unspecified atom stereocenters. The van der Waals surface area contributed by atoms with Gasteiger partial charge in [-0.25, -0.2) is 9.97 Å². The molecule has 1 rings (SSSR count). The van der Waals surface area contributed by atoms with Gasteiger partial charge in [0, 0.05) is 12.4 Å². The van der Waals surface area contributed by atoms with Crippen LogP contribution in [0.3, 0.4) is 0 Å². The van der Waals surface area contributed by atoms with Gasteiger partial charge in [-0.15, -0.1) is 0 Å². The van der Waals surface area contributed by atoms with E-state index in [1.807, 2.05) is 6.07 Å². The summed E-state index contributed by atoms with van der Waals surface area (Å²) >= 11 is 0. The van der Waals surface area contributed by atoms with Gasteiger partial charge in [0.15, 0.2) is 0 Å². The van der Waals surface area contributed by atoms with Crippen LogP contribution in [0.2, 0.25) is 0 Å². The second-order valence-electron chi connectivity index (χ2n) is 3.05. The van der Waals surface area contributed by atoms with Crippen LogP contribution in [-0.2, 0) is 6.54 Å². The van der Waals surface area contributed by atoms with E-state index in [4.69, 9.17) is 0 Å². The van der Waals surface area contributed by atoms with E-state index in [0.717, 1.165) is 18.9 Å². The lowest BCUT2D eigenvalue weighted by Gasteiger charge is -2.01. The van der Waals surface area contributed by atoms with Crippen LogP contribution in [0.1, 0.15) is 32.0 Å². The molecule has 72 valence electrons. The largest absolute Gasteiger partial charge is 0.310 e. The Morgan fingerprint density at radius 2 is 2.00 bits per heavy atom. The Hall–Kier alpha value is -0.960. The number of hydrogen-bond acceptors (Lipinski definition) is 3. The molecule has 0 fully saturated rings. The lowest BCUT2D eigenvalue weighted by Crippen LogP contribution is -2.16. The molecule has 0 aliphatic carbocycles. The molecule has 0 atom stereocenters. The van der Waals surface area contributed by atoms with Crippen LogP contribution in [0.4, 0.5) is 0 Å². The molecule has 0 amide bonds. The van der Waals surface area contributed by atoms with Crippen molar-refractivity contribution in [2.45, 2.75) is 32.7 Å². The Morgan fingerprint density at radius 3 is 2.69 bits per heavy atom. The van der Waals surface area contributed by atoms with Gasteiger partial charge in [-0.05, 0) is 19.0 Å². The standard InChI is InChI=1S/C10H17N3/c1-2-3-4-6-11-9-10-12-7-5-8-13-10/h5,7-8,11H,2-4,6,9H2,1H3. The minimum absolute atomic E-state index is 0.782. The number of hydrogen-bond donors (Lipinski definition) is 1. The second-order valence-corrected chi connectivity index (χ2v) is 3.05. The predicted molar refractivity (Wildman–Crippen MR) is 53.3 cm³/mol. The molecule has 13 heavy (non-hydrogen) atoms. The van der Waals surface area contributed by atoms with Crippen molar-refractivity contribution in [3.63, 3.8) is 0 Å². The van der Waals surface area contributed by atoms with Crippen LogP contribution in [-0.4, -0.2) is 16.5 Å². The molecule has 0 aliphatic rings. The first kappa shape index (κ1) is 10.1. The number of aromatic nitrogens is 2. The molecule has 1 N–H and O–H groups in total. The third kappa shape index (κ3) is 4.58. The lowest BCUT2D eigenvalue weighted by atomic mass is 10.2. The zero-order valence-corrected chi connectivity index (χ0v) is 8.16. The van der Waals surface area contributed by atoms with Crippen LogP contribution < -0.4 is 5.32 Å². The third-order valence-corrected chi connectivity index (χ3v) is 1.86. The number of rotatable bonds is 6. The Balaban J connectivity index is 2.07. The van der Waals surface area contributed by atoms with Crippen molar-refractivity contribution in [3.05, 3.63) is 24.3 Å². The van der Waals surface area contributed by atoms with Crippen molar-refractivity contribution >= 4 is 0 Å². The Bertz CT molecular complexity index is 211. The summed E-state index contributed by atoms with van der Waals surface area (Å²) in [6.45, 7) is 4.05. The lowest BCUT2D eigenvalue weighted by molar-refractivity contribution is 0.603. The number of nitrogens with one attached hydrogen (secondary N) is 1. The van der Waals surface area contributed by atoms with Crippen molar-refractivity contribution in [1.82, 2.24) is 15.3 Å². The highest BCUT2D eigenvalue weighted by molar-refractivity contribution is 4.87. The van der Waals surface area contributed by atoms with Crippen molar-refractivity contribution in [2.75, 3.05) is 6.54 Å². The fourth-order valence-electron chi connectivity index (χ4n) is 1.12. The number of unbranched alkanes of at least 4 members (excludes halogenated alkanes) is 2. The van der Waals surface area contributed by atoms with Gasteiger partial charge in [-0.2, -0.15) is 0 Å². The van der Waals surface area contributed by atoms with Crippen molar-refractivity contribution in [1.29, 1.82) is 0 Å². The Morgan fingerprint density at radius 1 is 1.23 bits per heavy atom. The average Bonchev–Trinajstić information content (AvgIpc) is 2.19. The van der Waals surface area contributed by atoms with Crippen LogP contribution in [0.15, 0.2) is 18.5 Å². The summed E-state index contributed by atoms with van der Waals surface area (Å²) in [5, 5.41) is 3.31. The summed E-state index contributed by atoms with van der Waals surface area (Å²) in [6, 6.07) is 1.83. The molecule has 1 aromatic heterocycles. The fraction of sp³-hybridized carbons (Fsp3) is 0.600. The molecule has 3 nitrogen and oxygen atoms in total. The first-order valence-corrected chi connectivity index (χ1v) is 4.90. The van der Waals surface area contributed by atoms with E-state index < -0.39 is 0 Å². The summed E-state index contributed by atoms with van der Waals surface area (Å²) in [5.74, 6) is 0.874. The predicted octanol–water partition coefficient (Wildman–Crippen LogP) is 1.76. The molecule has 1 heterocycles. The van der Waals surface area contributed by atoms with Crippen molar-refractivity contribution in [2.24, 2.45) is 0 Å². The van der Waals surface area contributed by atoms with Crippen LogP contribution in [0.25, 0.3) is 0 Å². The van der Waals surface area contributed by atoms with E-state index in [1.54, 1.807) is 12.4 Å². The quantitative estimate of drug-likeness (QED) is 0.676. The van der Waals surface area contributed by atoms with Gasteiger partial charge >= 0.3 is 0 Å². The van der Waals surface area contributed by atoms with Gasteiger partial charge in [0.05, 0.1) is 6.54 Å². The smallest absolute Gasteiger partial charge is 0.141 e. The Kier molecular flexibility index (Phi) is 5.10. The minimum Gasteiger partial charge on any atom is -0.310 e. The molecule has 0 saturated carbocycles. The zero-order chi connectivity index (χ0) is 9.36. The maximum Gasteiger partial charge on any atom is 0.141 e. The third-order valence-electron chi connectivity index (χ3n) is 1.86. The van der Waals surface area contributed by atoms with Gasteiger partial charge in [0.1, 0.15) is 5.82 Å². The van der Waals surface area contributed by atoms with E-state index in [1.165, 1.54) is 19.3 Å². The molecule has 0 spiro atoms. The van der Waals surface area contributed by atoms with Crippen LogP contribution >= 0.6 is 0 Å². The summed E-state index contributed by atoms with van der Waals surface area (Å²) in [4.78, 5) is 8.25. The minimum atomic E-state index is 0.782. The maximum absolute atomic E-state index is 4.12. The number of nitrogens with zero attached hydrogens (tertiary/aromatic N) is 2. The molecular formula is C10H17N3. The normalized spacial score (nSPS) is 10.2. The highest BCUT2D eigenvalue weighted by Gasteiger charge is 1.92. The van der Waals surface area contributed by atoms with E-state index in [0.29, 0.717) is 0 Å². The maximum atomic E-state index is 4.12. The second kappa shape index (κ2) is 6.54. The molecule has 0 aromatic carbocycles. The van der Waals surface area contributed by atoms with E-state index >= 15 is 0 Å². The topological polar surface area (TPSA) is 37.8 Å². The van der Waals surface area contributed by atoms with E-state index in [2.05, 4.69) is 22.2 Å². The SMILES string of the molecule is CCCCCNCc1ncccn1. The summed E-state index contributed by atoms with van der Waals surface area (Å²) < 4.78 is 0. The molecule has 3 heteroatoms. The van der Waals surface area contributed by atoms with E-state index in [9.17, 15) is 0 Å². The Labute approximate surface area is 79.6 Å². The molecule has 1 aromatic rings. The van der Waals surface area contributed by atoms with Crippen LogP contribution in [0, 0.1) is 0 Å². The van der Waals surface area contributed by atoms with Crippen molar-refractivity contribution < 1.29 is 0 Å². The molecule has 0 radical (unpaired) electrons. The van der Waals surface area contributed by atoms with Gasteiger partial charge in [-0.3, -0.25) is 0 Å². The first-order valence-electron chi connectivity index (χ1n) is 4.90. The summed E-state index contributed by atoms with van der Waals surface area (Å²) in [7, 11) is 0. The fourth-order valence-corrected chi connectivity index (χ4v) is 1.12. The van der Waals surface area contributed by atoms with Gasteiger partial charge in [-0.1, -0.05) is 19.8 Å². The highest BCUT2D eigenvalue weighted by atomic mass is 14.9. The van der Waals surface area contributed by atoms with Crippen LogP contribution in [0.5, 0.6) is 0 Å².